The molecule has 0 spiro atoms. The van der Waals surface area contributed by atoms with Crippen molar-refractivity contribution < 1.29 is 9.53 Å². The van der Waals surface area contributed by atoms with Crippen LogP contribution in [0.5, 0.6) is 5.88 Å². The largest absolute Gasteiger partial charge is 0.438 e. The zero-order valence-electron chi connectivity index (χ0n) is 16.6. The number of hydrogen-bond acceptors (Lipinski definition) is 5. The first kappa shape index (κ1) is 18.7. The number of benzene rings is 1. The Hall–Kier alpha value is -2.60. The van der Waals surface area contributed by atoms with Gasteiger partial charge in [0.05, 0.1) is 16.4 Å². The van der Waals surface area contributed by atoms with Crippen LogP contribution in [0.25, 0.3) is 0 Å². The standard InChI is InChI=1S/C22H25N3O2S/c1-14(2)13-15(3)27-21-20(28-16(4)23-21)22(26)25-12-11-24(17-9-10-17)18-7-5-6-8-19(18)25/h5-8,13,17H,3,9-12H2,1-2,4H3. The molecular weight excluding hydrogens is 370 g/mol. The van der Waals surface area contributed by atoms with Crippen LogP contribution in [0, 0.1) is 6.92 Å². The predicted octanol–water partition coefficient (Wildman–Crippen LogP) is 4.94. The van der Waals surface area contributed by atoms with E-state index in [9.17, 15) is 4.79 Å². The Labute approximate surface area is 169 Å². The summed E-state index contributed by atoms with van der Waals surface area (Å²) in [4.78, 5) is 22.7. The summed E-state index contributed by atoms with van der Waals surface area (Å²) in [5.74, 6) is 0.768. The number of rotatable bonds is 5. The molecule has 2 aliphatic rings. The van der Waals surface area contributed by atoms with Crippen LogP contribution >= 0.6 is 11.3 Å². The first-order chi connectivity index (χ1) is 13.4. The van der Waals surface area contributed by atoms with E-state index in [1.807, 2.05) is 49.9 Å². The number of amides is 1. The lowest BCUT2D eigenvalue weighted by Crippen LogP contribution is -2.44. The normalized spacial score (nSPS) is 15.8. The van der Waals surface area contributed by atoms with Gasteiger partial charge < -0.3 is 14.5 Å². The van der Waals surface area contributed by atoms with Crippen molar-refractivity contribution in [3.8, 4) is 5.88 Å². The molecule has 2 heterocycles. The minimum Gasteiger partial charge on any atom is -0.438 e. The quantitative estimate of drug-likeness (QED) is 0.531. The van der Waals surface area contributed by atoms with Gasteiger partial charge in [0.15, 0.2) is 4.88 Å². The van der Waals surface area contributed by atoms with E-state index in [2.05, 4.69) is 22.5 Å². The number of allylic oxidation sites excluding steroid dienone is 2. The van der Waals surface area contributed by atoms with Crippen molar-refractivity contribution in [1.29, 1.82) is 0 Å². The van der Waals surface area contributed by atoms with E-state index < -0.39 is 0 Å². The molecule has 2 aromatic rings. The Kier molecular flexibility index (Phi) is 4.98. The molecule has 0 saturated heterocycles. The SMILES string of the molecule is C=C(C=C(C)C)Oc1nc(C)sc1C(=O)N1CCN(C2CC2)c2ccccc21. The molecule has 1 aromatic carbocycles. The highest BCUT2D eigenvalue weighted by Crippen LogP contribution is 2.41. The minimum absolute atomic E-state index is 0.0616. The monoisotopic (exact) mass is 395 g/mol. The van der Waals surface area contributed by atoms with E-state index in [0.717, 1.165) is 28.5 Å². The van der Waals surface area contributed by atoms with Crippen molar-refractivity contribution in [1.82, 2.24) is 4.98 Å². The molecule has 0 radical (unpaired) electrons. The molecule has 1 saturated carbocycles. The number of nitrogens with zero attached hydrogens (tertiary/aromatic N) is 3. The smallest absolute Gasteiger partial charge is 0.274 e. The Balaban J connectivity index is 1.64. The molecule has 146 valence electrons. The fourth-order valence-corrected chi connectivity index (χ4v) is 4.37. The first-order valence-electron chi connectivity index (χ1n) is 9.60. The maximum atomic E-state index is 13.4. The molecular formula is C22H25N3O2S. The van der Waals surface area contributed by atoms with Crippen LogP contribution < -0.4 is 14.5 Å². The van der Waals surface area contributed by atoms with Gasteiger partial charge in [0.2, 0.25) is 5.88 Å². The van der Waals surface area contributed by atoms with E-state index in [0.29, 0.717) is 29.1 Å². The fourth-order valence-electron chi connectivity index (χ4n) is 3.57. The minimum atomic E-state index is -0.0616. The van der Waals surface area contributed by atoms with E-state index in [-0.39, 0.29) is 5.91 Å². The molecule has 4 rings (SSSR count). The first-order valence-corrected chi connectivity index (χ1v) is 10.4. The number of fused-ring (bicyclic) bond motifs is 1. The summed E-state index contributed by atoms with van der Waals surface area (Å²) in [5.41, 5.74) is 3.18. The molecule has 0 atom stereocenters. The number of carbonyl (C=O) groups excluding carboxylic acids is 1. The second-order valence-electron chi connectivity index (χ2n) is 7.53. The lowest BCUT2D eigenvalue weighted by atomic mass is 10.1. The number of aryl methyl sites for hydroxylation is 1. The van der Waals surface area contributed by atoms with Crippen LogP contribution in [-0.4, -0.2) is 30.0 Å². The molecule has 0 bridgehead atoms. The molecule has 1 amide bonds. The van der Waals surface area contributed by atoms with Gasteiger partial charge in [-0.05, 0) is 51.8 Å². The van der Waals surface area contributed by atoms with Crippen molar-refractivity contribution >= 4 is 28.6 Å². The zero-order chi connectivity index (χ0) is 19.8. The summed E-state index contributed by atoms with van der Waals surface area (Å²) in [5, 5.41) is 0.799. The highest BCUT2D eigenvalue weighted by Gasteiger charge is 2.36. The summed E-state index contributed by atoms with van der Waals surface area (Å²) in [6.07, 6.45) is 4.31. The molecule has 28 heavy (non-hydrogen) atoms. The third-order valence-corrected chi connectivity index (χ3v) is 5.79. The van der Waals surface area contributed by atoms with E-state index in [1.54, 1.807) is 0 Å². The third-order valence-electron chi connectivity index (χ3n) is 4.85. The van der Waals surface area contributed by atoms with Crippen LogP contribution in [0.1, 0.15) is 41.4 Å². The van der Waals surface area contributed by atoms with Crippen molar-refractivity contribution in [3.05, 3.63) is 58.1 Å². The highest BCUT2D eigenvalue weighted by molar-refractivity contribution is 7.14. The second kappa shape index (κ2) is 7.43. The highest BCUT2D eigenvalue weighted by atomic mass is 32.1. The average Bonchev–Trinajstić information content (AvgIpc) is 3.42. The summed E-state index contributed by atoms with van der Waals surface area (Å²) in [7, 11) is 0. The number of anilines is 2. The van der Waals surface area contributed by atoms with Gasteiger partial charge in [0.25, 0.3) is 5.91 Å². The fraction of sp³-hybridized carbons (Fsp3) is 0.364. The predicted molar refractivity (Wildman–Crippen MR) is 115 cm³/mol. The maximum absolute atomic E-state index is 13.4. The third kappa shape index (κ3) is 3.69. The van der Waals surface area contributed by atoms with Crippen LogP contribution in [0.2, 0.25) is 0 Å². The van der Waals surface area contributed by atoms with Crippen molar-refractivity contribution in [3.63, 3.8) is 0 Å². The summed E-state index contributed by atoms with van der Waals surface area (Å²) in [6, 6.07) is 8.78. The molecule has 1 fully saturated rings. The van der Waals surface area contributed by atoms with Gasteiger partial charge in [-0.15, -0.1) is 11.3 Å². The lowest BCUT2D eigenvalue weighted by molar-refractivity contribution is 0.0988. The number of para-hydroxylation sites is 2. The average molecular weight is 396 g/mol. The Morgan fingerprint density at radius 3 is 2.64 bits per heavy atom. The lowest BCUT2D eigenvalue weighted by Gasteiger charge is -2.37. The number of aromatic nitrogens is 1. The number of carbonyl (C=O) groups is 1. The Morgan fingerprint density at radius 2 is 1.96 bits per heavy atom. The van der Waals surface area contributed by atoms with Gasteiger partial charge in [-0.25, -0.2) is 4.98 Å². The van der Waals surface area contributed by atoms with E-state index in [4.69, 9.17) is 4.74 Å². The van der Waals surface area contributed by atoms with Crippen LogP contribution in [0.3, 0.4) is 0 Å². The zero-order valence-corrected chi connectivity index (χ0v) is 17.4. The van der Waals surface area contributed by atoms with Gasteiger partial charge >= 0.3 is 0 Å². The van der Waals surface area contributed by atoms with Gasteiger partial charge in [0, 0.05) is 19.1 Å². The second-order valence-corrected chi connectivity index (χ2v) is 8.73. The summed E-state index contributed by atoms with van der Waals surface area (Å²) < 4.78 is 5.82. The number of thiazole rings is 1. The van der Waals surface area contributed by atoms with Crippen molar-refractivity contribution in [2.75, 3.05) is 22.9 Å². The maximum Gasteiger partial charge on any atom is 0.274 e. The Morgan fingerprint density at radius 1 is 1.25 bits per heavy atom. The van der Waals surface area contributed by atoms with Crippen LogP contribution in [0.15, 0.2) is 48.3 Å². The molecule has 0 unspecified atom stereocenters. The van der Waals surface area contributed by atoms with E-state index in [1.165, 1.54) is 24.2 Å². The molecule has 1 aromatic heterocycles. The molecule has 1 aliphatic heterocycles. The van der Waals surface area contributed by atoms with Crippen molar-refractivity contribution in [2.24, 2.45) is 0 Å². The Bertz CT molecular complexity index is 954. The molecule has 6 heteroatoms. The van der Waals surface area contributed by atoms with Gasteiger partial charge in [-0.2, -0.15) is 0 Å². The van der Waals surface area contributed by atoms with Gasteiger partial charge in [-0.1, -0.05) is 24.3 Å². The van der Waals surface area contributed by atoms with Gasteiger partial charge in [0.1, 0.15) is 5.76 Å². The summed E-state index contributed by atoms with van der Waals surface area (Å²) in [6.45, 7) is 11.3. The summed E-state index contributed by atoms with van der Waals surface area (Å²) >= 11 is 1.37. The number of ether oxygens (including phenoxy) is 1. The molecule has 5 nitrogen and oxygen atoms in total. The van der Waals surface area contributed by atoms with Crippen LogP contribution in [-0.2, 0) is 0 Å². The van der Waals surface area contributed by atoms with Crippen LogP contribution in [0.4, 0.5) is 11.4 Å². The van der Waals surface area contributed by atoms with E-state index >= 15 is 0 Å². The van der Waals surface area contributed by atoms with Gasteiger partial charge in [-0.3, -0.25) is 4.79 Å². The number of hydrogen-bond donors (Lipinski definition) is 0. The molecule has 0 N–H and O–H groups in total. The molecule has 1 aliphatic carbocycles. The van der Waals surface area contributed by atoms with Crippen molar-refractivity contribution in [2.45, 2.75) is 39.7 Å². The topological polar surface area (TPSA) is 45.7 Å².